The predicted octanol–water partition coefficient (Wildman–Crippen LogP) is 4.18. The van der Waals surface area contributed by atoms with Crippen LogP contribution in [0.3, 0.4) is 0 Å². The summed E-state index contributed by atoms with van der Waals surface area (Å²) in [5.41, 5.74) is 4.95. The van der Waals surface area contributed by atoms with Crippen molar-refractivity contribution < 1.29 is 19.3 Å². The first-order valence-electron chi connectivity index (χ1n) is 10.7. The Morgan fingerprint density at radius 3 is 2.33 bits per heavy atom. The number of benzene rings is 2. The largest absolute Gasteiger partial charge is 0.493 e. The Hall–Kier alpha value is -2.24. The highest BCUT2D eigenvalue weighted by molar-refractivity contribution is 5.53. The van der Waals surface area contributed by atoms with Crippen molar-refractivity contribution in [3.8, 4) is 17.2 Å². The minimum Gasteiger partial charge on any atom is -0.493 e. The molecule has 1 N–H and O–H groups in total. The van der Waals surface area contributed by atoms with Crippen LogP contribution in [0.5, 0.6) is 17.2 Å². The van der Waals surface area contributed by atoms with Crippen LogP contribution in [0.2, 0.25) is 0 Å². The van der Waals surface area contributed by atoms with Crippen LogP contribution in [0.4, 0.5) is 0 Å². The standard InChI is InChI=1S/C25H35NO4/c1-17-8-6-10-20-21(17)16-19(24(20)27)9-7-12-26(2)13-11-18-14-22(28-3)25(30-5)23(15-18)29-4/h6,8,10,14-15,19,24,27H,7,9,11-13,16H2,1-5H3. The Morgan fingerprint density at radius 1 is 1.03 bits per heavy atom. The number of methoxy groups -OCH3 is 3. The predicted molar refractivity (Wildman–Crippen MR) is 120 cm³/mol. The fourth-order valence-corrected chi connectivity index (χ4v) is 4.50. The molecule has 0 aliphatic heterocycles. The number of aliphatic hydroxyl groups excluding tert-OH is 1. The van der Waals surface area contributed by atoms with Crippen molar-refractivity contribution in [2.75, 3.05) is 41.5 Å². The number of likely N-dealkylation sites (N-methyl/N-ethyl adjacent to an activating group) is 1. The number of nitrogens with zero attached hydrogens (tertiary/aromatic N) is 1. The smallest absolute Gasteiger partial charge is 0.203 e. The number of aliphatic hydroxyl groups is 1. The fourth-order valence-electron chi connectivity index (χ4n) is 4.50. The summed E-state index contributed by atoms with van der Waals surface area (Å²) in [6.45, 7) is 4.11. The lowest BCUT2D eigenvalue weighted by Gasteiger charge is -2.20. The van der Waals surface area contributed by atoms with Crippen LogP contribution < -0.4 is 14.2 Å². The van der Waals surface area contributed by atoms with E-state index < -0.39 is 0 Å². The van der Waals surface area contributed by atoms with Crippen LogP contribution >= 0.6 is 0 Å². The van der Waals surface area contributed by atoms with Gasteiger partial charge in [-0.25, -0.2) is 0 Å². The molecular formula is C25H35NO4. The Kier molecular flexibility index (Phi) is 7.62. The molecular weight excluding hydrogens is 378 g/mol. The van der Waals surface area contributed by atoms with E-state index in [1.807, 2.05) is 12.1 Å². The van der Waals surface area contributed by atoms with Crippen molar-refractivity contribution in [3.05, 3.63) is 52.6 Å². The maximum absolute atomic E-state index is 10.7. The molecule has 0 radical (unpaired) electrons. The Balaban J connectivity index is 1.48. The molecule has 5 nitrogen and oxygen atoms in total. The molecule has 2 unspecified atom stereocenters. The van der Waals surface area contributed by atoms with Crippen LogP contribution in [0, 0.1) is 12.8 Å². The third-order valence-electron chi connectivity index (χ3n) is 6.30. The lowest BCUT2D eigenvalue weighted by atomic mass is 9.97. The van der Waals surface area contributed by atoms with Gasteiger partial charge in [0, 0.05) is 6.54 Å². The molecule has 0 saturated carbocycles. The fraction of sp³-hybridized carbons (Fsp3) is 0.520. The van der Waals surface area contributed by atoms with Gasteiger partial charge in [0.05, 0.1) is 27.4 Å². The zero-order valence-electron chi connectivity index (χ0n) is 18.9. The molecule has 1 aliphatic rings. The second-order valence-corrected chi connectivity index (χ2v) is 8.28. The molecule has 0 fully saturated rings. The van der Waals surface area contributed by atoms with E-state index in [1.165, 1.54) is 11.1 Å². The van der Waals surface area contributed by atoms with E-state index in [0.29, 0.717) is 23.2 Å². The Morgan fingerprint density at radius 2 is 1.73 bits per heavy atom. The first-order chi connectivity index (χ1) is 14.5. The number of rotatable bonds is 10. The van der Waals surface area contributed by atoms with Gasteiger partial charge in [0.2, 0.25) is 5.75 Å². The van der Waals surface area contributed by atoms with Gasteiger partial charge in [-0.05, 0) is 86.5 Å². The average molecular weight is 414 g/mol. The van der Waals surface area contributed by atoms with E-state index >= 15 is 0 Å². The van der Waals surface area contributed by atoms with Gasteiger partial charge in [0.15, 0.2) is 11.5 Å². The maximum atomic E-state index is 10.7. The van der Waals surface area contributed by atoms with Crippen molar-refractivity contribution in [1.29, 1.82) is 0 Å². The van der Waals surface area contributed by atoms with E-state index in [2.05, 4.69) is 37.1 Å². The first kappa shape index (κ1) is 22.4. The van der Waals surface area contributed by atoms with Gasteiger partial charge in [-0.3, -0.25) is 0 Å². The summed E-state index contributed by atoms with van der Waals surface area (Å²) in [5, 5.41) is 10.7. The molecule has 164 valence electrons. The molecule has 2 atom stereocenters. The molecule has 2 aromatic rings. The van der Waals surface area contributed by atoms with E-state index in [-0.39, 0.29) is 6.10 Å². The van der Waals surface area contributed by atoms with Crippen LogP contribution in [-0.2, 0) is 12.8 Å². The van der Waals surface area contributed by atoms with Crippen molar-refractivity contribution >= 4 is 0 Å². The first-order valence-corrected chi connectivity index (χ1v) is 10.7. The molecule has 0 heterocycles. The van der Waals surface area contributed by atoms with Gasteiger partial charge in [-0.2, -0.15) is 0 Å². The second-order valence-electron chi connectivity index (χ2n) is 8.28. The van der Waals surface area contributed by atoms with Crippen molar-refractivity contribution in [1.82, 2.24) is 4.90 Å². The van der Waals surface area contributed by atoms with E-state index in [1.54, 1.807) is 21.3 Å². The Bertz CT molecular complexity index is 826. The molecule has 0 aromatic heterocycles. The number of fused-ring (bicyclic) bond motifs is 1. The summed E-state index contributed by atoms with van der Waals surface area (Å²) in [6, 6.07) is 10.3. The van der Waals surface area contributed by atoms with Gasteiger partial charge >= 0.3 is 0 Å². The number of hydrogen-bond donors (Lipinski definition) is 1. The van der Waals surface area contributed by atoms with Gasteiger partial charge in [0.25, 0.3) is 0 Å². The zero-order chi connectivity index (χ0) is 21.7. The van der Waals surface area contributed by atoms with Gasteiger partial charge < -0.3 is 24.2 Å². The molecule has 3 rings (SSSR count). The van der Waals surface area contributed by atoms with Crippen LogP contribution in [0.25, 0.3) is 0 Å². The van der Waals surface area contributed by atoms with Gasteiger partial charge in [-0.1, -0.05) is 18.2 Å². The topological polar surface area (TPSA) is 51.2 Å². The molecule has 2 aromatic carbocycles. The van der Waals surface area contributed by atoms with Crippen LogP contribution in [0.15, 0.2) is 30.3 Å². The lowest BCUT2D eigenvalue weighted by molar-refractivity contribution is 0.115. The Labute approximate surface area is 180 Å². The molecule has 30 heavy (non-hydrogen) atoms. The molecule has 0 saturated heterocycles. The van der Waals surface area contributed by atoms with Crippen LogP contribution in [0.1, 0.15) is 41.2 Å². The summed E-state index contributed by atoms with van der Waals surface area (Å²) in [4.78, 5) is 2.35. The van der Waals surface area contributed by atoms with E-state index in [0.717, 1.165) is 49.9 Å². The molecule has 1 aliphatic carbocycles. The highest BCUT2D eigenvalue weighted by Gasteiger charge is 2.31. The summed E-state index contributed by atoms with van der Waals surface area (Å²) in [7, 11) is 7.06. The molecule has 0 spiro atoms. The molecule has 0 bridgehead atoms. The maximum Gasteiger partial charge on any atom is 0.203 e. The summed E-state index contributed by atoms with van der Waals surface area (Å²) in [6.07, 6.45) is 3.72. The lowest BCUT2D eigenvalue weighted by Crippen LogP contribution is -2.23. The quantitative estimate of drug-likeness (QED) is 0.633. The zero-order valence-corrected chi connectivity index (χ0v) is 18.9. The number of aryl methyl sites for hydroxylation is 1. The number of ether oxygens (including phenoxy) is 3. The highest BCUT2D eigenvalue weighted by Crippen LogP contribution is 2.40. The van der Waals surface area contributed by atoms with Gasteiger partial charge in [-0.15, -0.1) is 0 Å². The second kappa shape index (κ2) is 10.2. The third-order valence-corrected chi connectivity index (χ3v) is 6.30. The van der Waals surface area contributed by atoms with Crippen molar-refractivity contribution in [2.24, 2.45) is 5.92 Å². The third kappa shape index (κ3) is 4.90. The SMILES string of the molecule is COc1cc(CCN(C)CCCC2Cc3c(C)cccc3C2O)cc(OC)c1OC. The van der Waals surface area contributed by atoms with E-state index in [4.69, 9.17) is 14.2 Å². The van der Waals surface area contributed by atoms with Gasteiger partial charge in [0.1, 0.15) is 0 Å². The molecule has 5 heteroatoms. The van der Waals surface area contributed by atoms with Crippen molar-refractivity contribution in [2.45, 2.75) is 38.7 Å². The van der Waals surface area contributed by atoms with Crippen LogP contribution in [-0.4, -0.2) is 51.5 Å². The summed E-state index contributed by atoms with van der Waals surface area (Å²) >= 11 is 0. The minimum absolute atomic E-state index is 0.315. The minimum atomic E-state index is -0.315. The highest BCUT2D eigenvalue weighted by atomic mass is 16.5. The average Bonchev–Trinajstić information content (AvgIpc) is 3.08. The summed E-state index contributed by atoms with van der Waals surface area (Å²) in [5.74, 6) is 2.35. The normalized spacial score (nSPS) is 17.8. The molecule has 0 amide bonds. The summed E-state index contributed by atoms with van der Waals surface area (Å²) < 4.78 is 16.3. The monoisotopic (exact) mass is 413 g/mol. The number of hydrogen-bond acceptors (Lipinski definition) is 5. The van der Waals surface area contributed by atoms with E-state index in [9.17, 15) is 5.11 Å². The van der Waals surface area contributed by atoms with Crippen molar-refractivity contribution in [3.63, 3.8) is 0 Å².